The molecule has 1 unspecified atom stereocenters. The zero-order valence-electron chi connectivity index (χ0n) is 14.3. The van der Waals surface area contributed by atoms with Gasteiger partial charge in [0.2, 0.25) is 0 Å². The van der Waals surface area contributed by atoms with Crippen LogP contribution in [0.1, 0.15) is 39.5 Å². The molecular formula is C16H33N3O2. The number of guanidine groups is 1. The van der Waals surface area contributed by atoms with Crippen molar-refractivity contribution < 1.29 is 9.47 Å². The summed E-state index contributed by atoms with van der Waals surface area (Å²) in [6.07, 6.45) is 5.13. The number of hydrogen-bond donors (Lipinski definition) is 1. The molecule has 0 aromatic rings. The molecule has 124 valence electrons. The highest BCUT2D eigenvalue weighted by Gasteiger charge is 2.31. The summed E-state index contributed by atoms with van der Waals surface area (Å²) in [5.41, 5.74) is 0.430. The lowest BCUT2D eigenvalue weighted by molar-refractivity contribution is 0.0727. The second kappa shape index (κ2) is 10.0. The molecule has 1 aliphatic rings. The maximum atomic E-state index is 5.47. The van der Waals surface area contributed by atoms with Gasteiger partial charge in [0, 0.05) is 33.8 Å². The Hall–Kier alpha value is -0.810. The summed E-state index contributed by atoms with van der Waals surface area (Å²) >= 11 is 0. The van der Waals surface area contributed by atoms with Gasteiger partial charge >= 0.3 is 0 Å². The number of aliphatic imine (C=N–C) groups is 1. The van der Waals surface area contributed by atoms with E-state index in [4.69, 9.17) is 9.47 Å². The summed E-state index contributed by atoms with van der Waals surface area (Å²) in [7, 11) is 3.55. The van der Waals surface area contributed by atoms with E-state index >= 15 is 0 Å². The van der Waals surface area contributed by atoms with Crippen LogP contribution in [0.3, 0.4) is 0 Å². The van der Waals surface area contributed by atoms with Gasteiger partial charge in [-0.2, -0.15) is 0 Å². The second-order valence-corrected chi connectivity index (χ2v) is 6.16. The summed E-state index contributed by atoms with van der Waals surface area (Å²) in [4.78, 5) is 6.82. The highest BCUT2D eigenvalue weighted by atomic mass is 16.5. The van der Waals surface area contributed by atoms with Gasteiger partial charge < -0.3 is 19.7 Å². The van der Waals surface area contributed by atoms with E-state index in [1.807, 2.05) is 7.05 Å². The molecular weight excluding hydrogens is 266 g/mol. The number of rotatable bonds is 8. The molecule has 0 aliphatic carbocycles. The number of methoxy groups -OCH3 is 1. The number of hydrogen-bond acceptors (Lipinski definition) is 3. The van der Waals surface area contributed by atoms with Crippen LogP contribution in [0, 0.1) is 5.41 Å². The third kappa shape index (κ3) is 6.66. The van der Waals surface area contributed by atoms with Gasteiger partial charge in [0.05, 0.1) is 19.8 Å². The van der Waals surface area contributed by atoms with E-state index in [-0.39, 0.29) is 0 Å². The zero-order valence-corrected chi connectivity index (χ0v) is 14.3. The first-order valence-corrected chi connectivity index (χ1v) is 8.17. The number of ether oxygens (including phenoxy) is 2. The first kappa shape index (κ1) is 18.2. The minimum atomic E-state index is 0.430. The fraction of sp³-hybridized carbons (Fsp3) is 0.938. The van der Waals surface area contributed by atoms with Crippen molar-refractivity contribution in [1.29, 1.82) is 0 Å². The first-order chi connectivity index (χ1) is 10.1. The lowest BCUT2D eigenvalue weighted by Gasteiger charge is -2.42. The molecule has 5 heteroatoms. The smallest absolute Gasteiger partial charge is 0.193 e. The van der Waals surface area contributed by atoms with Crippen LogP contribution in [0.4, 0.5) is 0 Å². The summed E-state index contributed by atoms with van der Waals surface area (Å²) in [6.45, 7) is 9.65. The molecule has 5 nitrogen and oxygen atoms in total. The van der Waals surface area contributed by atoms with Crippen molar-refractivity contribution in [3.8, 4) is 0 Å². The maximum Gasteiger partial charge on any atom is 0.193 e. The highest BCUT2D eigenvalue weighted by molar-refractivity contribution is 5.80. The van der Waals surface area contributed by atoms with Crippen LogP contribution in [0.15, 0.2) is 4.99 Å². The van der Waals surface area contributed by atoms with E-state index in [1.54, 1.807) is 7.11 Å². The van der Waals surface area contributed by atoms with E-state index in [0.29, 0.717) is 25.2 Å². The summed E-state index contributed by atoms with van der Waals surface area (Å²) in [5, 5.41) is 3.41. The van der Waals surface area contributed by atoms with Crippen molar-refractivity contribution in [3.05, 3.63) is 0 Å². The van der Waals surface area contributed by atoms with Crippen LogP contribution >= 0.6 is 0 Å². The Labute approximate surface area is 130 Å². The number of nitrogens with one attached hydrogen (secondary N) is 1. The van der Waals surface area contributed by atoms with Gasteiger partial charge in [-0.05, 0) is 24.7 Å². The molecule has 1 N–H and O–H groups in total. The Morgan fingerprint density at radius 2 is 2.14 bits per heavy atom. The summed E-state index contributed by atoms with van der Waals surface area (Å²) < 4.78 is 10.4. The molecule has 0 aromatic heterocycles. The minimum absolute atomic E-state index is 0.430. The molecule has 21 heavy (non-hydrogen) atoms. The normalized spacial score (nSPS) is 23.4. The van der Waals surface area contributed by atoms with Gasteiger partial charge in [0.1, 0.15) is 0 Å². The predicted molar refractivity (Wildman–Crippen MR) is 87.9 cm³/mol. The van der Waals surface area contributed by atoms with Crippen molar-refractivity contribution >= 4 is 5.96 Å². The molecule has 1 fully saturated rings. The average Bonchev–Trinajstić information content (AvgIpc) is 2.46. The van der Waals surface area contributed by atoms with Gasteiger partial charge in [0.15, 0.2) is 5.96 Å². The average molecular weight is 299 g/mol. The van der Waals surface area contributed by atoms with E-state index in [2.05, 4.69) is 29.1 Å². The molecule has 1 heterocycles. The Balaban J connectivity index is 2.34. The summed E-state index contributed by atoms with van der Waals surface area (Å²) in [6, 6.07) is 0. The molecule has 0 spiro atoms. The number of piperidine rings is 1. The molecule has 1 rings (SSSR count). The minimum Gasteiger partial charge on any atom is -0.382 e. The Morgan fingerprint density at radius 3 is 2.81 bits per heavy atom. The Bertz CT molecular complexity index is 306. The SMILES string of the molecule is CCCC1(C)CCCN(C(=NC)NCCOCCOC)C1. The van der Waals surface area contributed by atoms with Crippen LogP contribution in [-0.4, -0.2) is 64.5 Å². The van der Waals surface area contributed by atoms with Crippen molar-refractivity contribution in [2.45, 2.75) is 39.5 Å². The van der Waals surface area contributed by atoms with Crippen molar-refractivity contribution in [2.75, 3.05) is 53.6 Å². The Morgan fingerprint density at radius 1 is 1.33 bits per heavy atom. The molecule has 1 atom stereocenters. The topological polar surface area (TPSA) is 46.1 Å². The largest absolute Gasteiger partial charge is 0.382 e. The Kier molecular flexibility index (Phi) is 8.69. The second-order valence-electron chi connectivity index (χ2n) is 6.16. The molecule has 1 aliphatic heterocycles. The van der Waals surface area contributed by atoms with Gasteiger partial charge in [0.25, 0.3) is 0 Å². The van der Waals surface area contributed by atoms with Gasteiger partial charge in [-0.25, -0.2) is 0 Å². The highest BCUT2D eigenvalue weighted by Crippen LogP contribution is 2.33. The quantitative estimate of drug-likeness (QED) is 0.424. The van der Waals surface area contributed by atoms with Crippen molar-refractivity contribution in [1.82, 2.24) is 10.2 Å². The lowest BCUT2D eigenvalue weighted by atomic mass is 9.78. The zero-order chi connectivity index (χ0) is 15.6. The van der Waals surface area contributed by atoms with E-state index < -0.39 is 0 Å². The van der Waals surface area contributed by atoms with Crippen LogP contribution in [0.5, 0.6) is 0 Å². The molecule has 0 bridgehead atoms. The van der Waals surface area contributed by atoms with Crippen LogP contribution in [0.2, 0.25) is 0 Å². The third-order valence-electron chi connectivity index (χ3n) is 4.11. The maximum absolute atomic E-state index is 5.47. The van der Waals surface area contributed by atoms with Crippen LogP contribution in [-0.2, 0) is 9.47 Å². The molecule has 1 saturated heterocycles. The first-order valence-electron chi connectivity index (χ1n) is 8.17. The van der Waals surface area contributed by atoms with Crippen molar-refractivity contribution in [3.63, 3.8) is 0 Å². The van der Waals surface area contributed by atoms with E-state index in [1.165, 1.54) is 25.7 Å². The van der Waals surface area contributed by atoms with E-state index in [0.717, 1.165) is 25.6 Å². The van der Waals surface area contributed by atoms with Crippen LogP contribution < -0.4 is 5.32 Å². The van der Waals surface area contributed by atoms with E-state index in [9.17, 15) is 0 Å². The molecule has 0 saturated carbocycles. The lowest BCUT2D eigenvalue weighted by Crippen LogP contribution is -2.50. The standard InChI is InChI=1S/C16H33N3O2/c1-5-7-16(2)8-6-10-19(14-16)15(17-3)18-9-11-21-13-12-20-4/h5-14H2,1-4H3,(H,17,18). The fourth-order valence-electron chi connectivity index (χ4n) is 3.12. The summed E-state index contributed by atoms with van der Waals surface area (Å²) in [5.74, 6) is 1.01. The van der Waals surface area contributed by atoms with Gasteiger partial charge in [-0.3, -0.25) is 4.99 Å². The third-order valence-corrected chi connectivity index (χ3v) is 4.11. The van der Waals surface area contributed by atoms with Gasteiger partial charge in [-0.15, -0.1) is 0 Å². The predicted octanol–water partition coefficient (Wildman–Crippen LogP) is 2.13. The number of likely N-dealkylation sites (tertiary alicyclic amines) is 1. The number of nitrogens with zero attached hydrogens (tertiary/aromatic N) is 2. The monoisotopic (exact) mass is 299 g/mol. The van der Waals surface area contributed by atoms with Gasteiger partial charge in [-0.1, -0.05) is 20.3 Å². The molecule has 0 radical (unpaired) electrons. The molecule has 0 aromatic carbocycles. The van der Waals surface area contributed by atoms with Crippen molar-refractivity contribution in [2.24, 2.45) is 10.4 Å². The fourth-order valence-corrected chi connectivity index (χ4v) is 3.12. The molecule has 0 amide bonds. The van der Waals surface area contributed by atoms with Crippen LogP contribution in [0.25, 0.3) is 0 Å².